The van der Waals surface area contributed by atoms with E-state index in [0.29, 0.717) is 12.0 Å². The maximum atomic E-state index is 11.9. The van der Waals surface area contributed by atoms with Gasteiger partial charge in [-0.2, -0.15) is 0 Å². The molecule has 0 aromatic heterocycles. The SMILES string of the molecule is CCOC(=O)/C=C/C(=O)OCCCNS(=O)(=O)Cc1ccccc1. The molecule has 0 aliphatic carbocycles. The van der Waals surface area contributed by atoms with E-state index >= 15 is 0 Å². The lowest BCUT2D eigenvalue weighted by molar-refractivity contribution is -0.140. The third-order valence-electron chi connectivity index (χ3n) is 2.73. The summed E-state index contributed by atoms with van der Waals surface area (Å²) in [6, 6.07) is 8.82. The predicted molar refractivity (Wildman–Crippen MR) is 88.4 cm³/mol. The minimum absolute atomic E-state index is 0.0415. The third-order valence-corrected chi connectivity index (χ3v) is 4.09. The Bertz CT molecular complexity index is 654. The largest absolute Gasteiger partial charge is 0.463 e. The van der Waals surface area contributed by atoms with Crippen molar-refractivity contribution in [2.24, 2.45) is 0 Å². The molecule has 132 valence electrons. The molecule has 1 N–H and O–H groups in total. The van der Waals surface area contributed by atoms with Crippen LogP contribution in [0.5, 0.6) is 0 Å². The Balaban J connectivity index is 2.21. The number of esters is 2. The number of carbonyl (C=O) groups is 2. The molecule has 7 nitrogen and oxygen atoms in total. The lowest BCUT2D eigenvalue weighted by Gasteiger charge is -2.07. The Morgan fingerprint density at radius 2 is 1.71 bits per heavy atom. The summed E-state index contributed by atoms with van der Waals surface area (Å²) in [6.45, 7) is 2.08. The van der Waals surface area contributed by atoms with Gasteiger partial charge in [0.25, 0.3) is 0 Å². The van der Waals surface area contributed by atoms with Crippen molar-refractivity contribution < 1.29 is 27.5 Å². The number of hydrogen-bond donors (Lipinski definition) is 1. The predicted octanol–water partition coefficient (Wildman–Crippen LogP) is 1.16. The quantitative estimate of drug-likeness (QED) is 0.384. The Labute approximate surface area is 141 Å². The van der Waals surface area contributed by atoms with E-state index in [1.807, 2.05) is 6.07 Å². The van der Waals surface area contributed by atoms with Gasteiger partial charge in [-0.05, 0) is 18.9 Å². The lowest BCUT2D eigenvalue weighted by atomic mass is 10.2. The average molecular weight is 355 g/mol. The molecular weight excluding hydrogens is 334 g/mol. The van der Waals surface area contributed by atoms with Gasteiger partial charge in [0.15, 0.2) is 0 Å². The van der Waals surface area contributed by atoms with Crippen LogP contribution in [0, 0.1) is 0 Å². The van der Waals surface area contributed by atoms with Crippen LogP contribution < -0.4 is 4.72 Å². The minimum atomic E-state index is -3.43. The molecule has 0 aliphatic rings. The van der Waals surface area contributed by atoms with E-state index in [1.54, 1.807) is 31.2 Å². The molecule has 0 saturated heterocycles. The molecule has 1 rings (SSSR count). The van der Waals surface area contributed by atoms with Gasteiger partial charge in [-0.1, -0.05) is 30.3 Å². The first-order valence-electron chi connectivity index (χ1n) is 7.46. The molecule has 24 heavy (non-hydrogen) atoms. The minimum Gasteiger partial charge on any atom is -0.463 e. The molecule has 0 amide bonds. The maximum Gasteiger partial charge on any atom is 0.331 e. The van der Waals surface area contributed by atoms with Crippen LogP contribution in [0.15, 0.2) is 42.5 Å². The van der Waals surface area contributed by atoms with E-state index in [2.05, 4.69) is 9.46 Å². The monoisotopic (exact) mass is 355 g/mol. The molecule has 1 aromatic carbocycles. The summed E-state index contributed by atoms with van der Waals surface area (Å²) in [6.07, 6.45) is 2.28. The molecule has 0 heterocycles. The number of ether oxygens (including phenoxy) is 2. The molecule has 0 saturated carbocycles. The number of rotatable bonds is 10. The van der Waals surface area contributed by atoms with Crippen molar-refractivity contribution in [3.8, 4) is 0 Å². The highest BCUT2D eigenvalue weighted by Crippen LogP contribution is 2.03. The number of nitrogens with one attached hydrogen (secondary N) is 1. The van der Waals surface area contributed by atoms with Gasteiger partial charge in [0, 0.05) is 18.7 Å². The summed E-state index contributed by atoms with van der Waals surface area (Å²) >= 11 is 0. The van der Waals surface area contributed by atoms with Gasteiger partial charge in [-0.25, -0.2) is 22.7 Å². The van der Waals surface area contributed by atoms with Crippen LogP contribution >= 0.6 is 0 Å². The van der Waals surface area contributed by atoms with Crippen molar-refractivity contribution in [1.29, 1.82) is 0 Å². The zero-order chi connectivity index (χ0) is 17.8. The first-order valence-corrected chi connectivity index (χ1v) is 9.11. The average Bonchev–Trinajstić information content (AvgIpc) is 2.53. The first-order chi connectivity index (χ1) is 11.4. The fourth-order valence-electron chi connectivity index (χ4n) is 1.69. The van der Waals surface area contributed by atoms with Crippen molar-refractivity contribution in [3.05, 3.63) is 48.0 Å². The number of carbonyl (C=O) groups excluding carboxylic acids is 2. The van der Waals surface area contributed by atoms with E-state index in [9.17, 15) is 18.0 Å². The van der Waals surface area contributed by atoms with Gasteiger partial charge in [0.05, 0.1) is 19.0 Å². The maximum absolute atomic E-state index is 11.9. The molecule has 0 radical (unpaired) electrons. The second-order valence-corrected chi connectivity index (χ2v) is 6.55. The van der Waals surface area contributed by atoms with Crippen LogP contribution in [0.4, 0.5) is 0 Å². The summed E-state index contributed by atoms with van der Waals surface area (Å²) < 4.78 is 35.6. The lowest BCUT2D eigenvalue weighted by Crippen LogP contribution is -2.27. The van der Waals surface area contributed by atoms with Crippen LogP contribution in [0.1, 0.15) is 18.9 Å². The second kappa shape index (κ2) is 10.6. The topological polar surface area (TPSA) is 98.8 Å². The Kier molecular flexibility index (Phi) is 8.74. The van der Waals surface area contributed by atoms with E-state index in [4.69, 9.17) is 4.74 Å². The molecule has 0 bridgehead atoms. The highest BCUT2D eigenvalue weighted by molar-refractivity contribution is 7.88. The molecule has 1 aromatic rings. The molecule has 0 unspecified atom stereocenters. The van der Waals surface area contributed by atoms with Crippen LogP contribution in [0.25, 0.3) is 0 Å². The fourth-order valence-corrected chi connectivity index (χ4v) is 2.88. The van der Waals surface area contributed by atoms with Gasteiger partial charge in [-0.15, -0.1) is 0 Å². The first kappa shape index (κ1) is 19.9. The molecule has 0 spiro atoms. The van der Waals surface area contributed by atoms with Crippen LogP contribution in [-0.2, 0) is 34.8 Å². The van der Waals surface area contributed by atoms with E-state index < -0.39 is 22.0 Å². The summed E-state index contributed by atoms with van der Waals surface area (Å²) in [5.74, 6) is -1.41. The second-order valence-electron chi connectivity index (χ2n) is 4.75. The van der Waals surface area contributed by atoms with Crippen molar-refractivity contribution in [2.75, 3.05) is 19.8 Å². The van der Waals surface area contributed by atoms with Gasteiger partial charge in [0.1, 0.15) is 0 Å². The highest BCUT2D eigenvalue weighted by Gasteiger charge is 2.10. The van der Waals surface area contributed by atoms with Crippen molar-refractivity contribution >= 4 is 22.0 Å². The van der Waals surface area contributed by atoms with Gasteiger partial charge >= 0.3 is 11.9 Å². The van der Waals surface area contributed by atoms with E-state index in [0.717, 1.165) is 12.2 Å². The van der Waals surface area contributed by atoms with E-state index in [1.165, 1.54) is 0 Å². The van der Waals surface area contributed by atoms with Gasteiger partial charge in [0.2, 0.25) is 10.0 Å². The molecule has 8 heteroatoms. The summed E-state index contributed by atoms with van der Waals surface area (Å²) in [7, 11) is -3.43. The Morgan fingerprint density at radius 1 is 1.08 bits per heavy atom. The van der Waals surface area contributed by atoms with Crippen molar-refractivity contribution in [3.63, 3.8) is 0 Å². The molecule has 0 fully saturated rings. The molecular formula is C16H21NO6S. The smallest absolute Gasteiger partial charge is 0.331 e. The standard InChI is InChI=1S/C16H21NO6S/c1-2-22-15(18)9-10-16(19)23-12-6-11-17-24(20,21)13-14-7-4-3-5-8-14/h3-5,7-10,17H,2,6,11-13H2,1H3/b10-9+. The number of benzene rings is 1. The van der Waals surface area contributed by atoms with Crippen molar-refractivity contribution in [1.82, 2.24) is 4.72 Å². The summed E-state index contributed by atoms with van der Waals surface area (Å²) in [5, 5.41) is 0. The van der Waals surface area contributed by atoms with Crippen LogP contribution in [-0.4, -0.2) is 40.1 Å². The van der Waals surface area contributed by atoms with E-state index in [-0.39, 0.29) is 25.5 Å². The van der Waals surface area contributed by atoms with Crippen LogP contribution in [0.3, 0.4) is 0 Å². The third kappa shape index (κ3) is 9.06. The summed E-state index contributed by atoms with van der Waals surface area (Å²) in [4.78, 5) is 22.3. The Hall–Kier alpha value is -2.19. The molecule has 0 atom stereocenters. The van der Waals surface area contributed by atoms with Gasteiger partial charge in [-0.3, -0.25) is 0 Å². The van der Waals surface area contributed by atoms with Gasteiger partial charge < -0.3 is 9.47 Å². The normalized spacial score (nSPS) is 11.4. The number of hydrogen-bond acceptors (Lipinski definition) is 6. The fraction of sp³-hybridized carbons (Fsp3) is 0.375. The summed E-state index contributed by atoms with van der Waals surface area (Å²) in [5.41, 5.74) is 0.695. The zero-order valence-corrected chi connectivity index (χ0v) is 14.3. The van der Waals surface area contributed by atoms with Crippen molar-refractivity contribution in [2.45, 2.75) is 19.1 Å². The Morgan fingerprint density at radius 3 is 2.33 bits per heavy atom. The molecule has 0 aliphatic heterocycles. The van der Waals surface area contributed by atoms with Crippen LogP contribution in [0.2, 0.25) is 0 Å². The highest BCUT2D eigenvalue weighted by atomic mass is 32.2. The zero-order valence-electron chi connectivity index (χ0n) is 13.4. The number of sulfonamides is 1.